The number of hydrogen-bond acceptors (Lipinski definition) is 8. The molecule has 0 bridgehead atoms. The number of nitrogen functional groups attached to an aromatic ring is 1. The highest BCUT2D eigenvalue weighted by Gasteiger charge is 2.35. The number of nitrogens with zero attached hydrogens (tertiary/aromatic N) is 2. The molecule has 0 aromatic carbocycles. The second-order valence-corrected chi connectivity index (χ2v) is 7.11. The molecule has 0 radical (unpaired) electrons. The Morgan fingerprint density at radius 2 is 2.00 bits per heavy atom. The maximum atomic E-state index is 12.0. The Labute approximate surface area is 109 Å². The lowest BCUT2D eigenvalue weighted by Crippen LogP contribution is -2.22. The maximum Gasteiger partial charge on any atom is 0.184 e. The molecular formula is C9H15N3O4S2. The lowest BCUT2D eigenvalue weighted by molar-refractivity contribution is 0.0572. The van der Waals surface area contributed by atoms with Gasteiger partial charge in [-0.2, -0.15) is 4.37 Å². The molecular weight excluding hydrogens is 278 g/mol. The summed E-state index contributed by atoms with van der Waals surface area (Å²) >= 11 is 0.969. The summed E-state index contributed by atoms with van der Waals surface area (Å²) in [5.41, 5.74) is 5.61. The normalized spacial score (nSPS) is 24.7. The van der Waals surface area contributed by atoms with Crippen LogP contribution < -0.4 is 10.6 Å². The van der Waals surface area contributed by atoms with Gasteiger partial charge in [0, 0.05) is 13.1 Å². The Kier molecular flexibility index (Phi) is 3.49. The molecule has 1 aromatic rings. The van der Waals surface area contributed by atoms with E-state index in [1.54, 1.807) is 4.90 Å². The zero-order valence-corrected chi connectivity index (χ0v) is 11.4. The van der Waals surface area contributed by atoms with Crippen LogP contribution in [-0.4, -0.2) is 54.1 Å². The second kappa shape index (κ2) is 4.65. The minimum absolute atomic E-state index is 0.0105. The van der Waals surface area contributed by atoms with Gasteiger partial charge in [0.2, 0.25) is 0 Å². The summed E-state index contributed by atoms with van der Waals surface area (Å²) in [5, 5.41) is 19.4. The van der Waals surface area contributed by atoms with E-state index in [0.717, 1.165) is 11.5 Å². The maximum absolute atomic E-state index is 12.0. The molecule has 9 heteroatoms. The van der Waals surface area contributed by atoms with Crippen molar-refractivity contribution in [3.05, 3.63) is 0 Å². The number of aliphatic hydroxyl groups is 2. The molecule has 1 fully saturated rings. The molecule has 4 N–H and O–H groups in total. The first-order valence-corrected chi connectivity index (χ1v) is 7.88. The summed E-state index contributed by atoms with van der Waals surface area (Å²) in [6.45, 7) is 1.88. The van der Waals surface area contributed by atoms with E-state index in [1.165, 1.54) is 6.92 Å². The number of nitrogens with two attached hydrogens (primary N) is 1. The van der Waals surface area contributed by atoms with E-state index in [-0.39, 0.29) is 29.6 Å². The monoisotopic (exact) mass is 293 g/mol. The van der Waals surface area contributed by atoms with Crippen molar-refractivity contribution in [3.63, 3.8) is 0 Å². The molecule has 0 aliphatic carbocycles. The summed E-state index contributed by atoms with van der Waals surface area (Å²) in [6, 6.07) is 0. The first kappa shape index (κ1) is 13.5. The van der Waals surface area contributed by atoms with E-state index in [2.05, 4.69) is 4.37 Å². The van der Waals surface area contributed by atoms with Gasteiger partial charge >= 0.3 is 0 Å². The molecule has 102 valence electrons. The van der Waals surface area contributed by atoms with E-state index in [1.807, 2.05) is 0 Å². The van der Waals surface area contributed by atoms with E-state index >= 15 is 0 Å². The Hall–Kier alpha value is -0.900. The number of anilines is 2. The van der Waals surface area contributed by atoms with Crippen molar-refractivity contribution in [2.45, 2.75) is 24.0 Å². The number of β-amino-alcohol motifs (C(OH)–C–C–N with tert-alkyl or cyclic N) is 2. The van der Waals surface area contributed by atoms with Crippen LogP contribution in [0.15, 0.2) is 4.90 Å². The Balaban J connectivity index is 2.42. The molecule has 1 aromatic heterocycles. The number of aromatic nitrogens is 1. The fourth-order valence-electron chi connectivity index (χ4n) is 1.86. The summed E-state index contributed by atoms with van der Waals surface area (Å²) in [7, 11) is -3.47. The molecule has 1 aliphatic rings. The molecule has 2 rings (SSSR count). The minimum Gasteiger partial charge on any atom is -0.389 e. The number of rotatable bonds is 3. The third-order valence-corrected chi connectivity index (χ3v) is 5.73. The molecule has 2 atom stereocenters. The zero-order chi connectivity index (χ0) is 13.5. The van der Waals surface area contributed by atoms with Gasteiger partial charge in [-0.15, -0.1) is 0 Å². The van der Waals surface area contributed by atoms with Crippen LogP contribution in [0.3, 0.4) is 0 Å². The van der Waals surface area contributed by atoms with Gasteiger partial charge < -0.3 is 20.8 Å². The number of sulfone groups is 1. The smallest absolute Gasteiger partial charge is 0.184 e. The third-order valence-electron chi connectivity index (χ3n) is 2.89. The van der Waals surface area contributed by atoms with E-state index in [0.29, 0.717) is 5.00 Å². The van der Waals surface area contributed by atoms with Gasteiger partial charge in [0.15, 0.2) is 15.7 Å². The minimum atomic E-state index is -3.47. The topological polar surface area (TPSA) is 117 Å². The lowest BCUT2D eigenvalue weighted by atomic mass is 10.3. The van der Waals surface area contributed by atoms with Crippen molar-refractivity contribution in [1.29, 1.82) is 0 Å². The van der Waals surface area contributed by atoms with Crippen molar-refractivity contribution >= 4 is 32.2 Å². The van der Waals surface area contributed by atoms with Crippen LogP contribution in [0.5, 0.6) is 0 Å². The molecule has 1 saturated heterocycles. The quantitative estimate of drug-likeness (QED) is 0.658. The fourth-order valence-corrected chi connectivity index (χ4v) is 4.18. The van der Waals surface area contributed by atoms with Crippen LogP contribution in [0.2, 0.25) is 0 Å². The predicted octanol–water partition coefficient (Wildman–Crippen LogP) is -0.939. The van der Waals surface area contributed by atoms with Gasteiger partial charge in [-0.25, -0.2) is 8.42 Å². The summed E-state index contributed by atoms with van der Waals surface area (Å²) in [5.74, 6) is -0.0885. The summed E-state index contributed by atoms with van der Waals surface area (Å²) < 4.78 is 27.8. The first-order valence-electron chi connectivity index (χ1n) is 5.45. The van der Waals surface area contributed by atoms with Gasteiger partial charge in [0.1, 0.15) is 9.90 Å². The van der Waals surface area contributed by atoms with Crippen LogP contribution >= 0.6 is 11.5 Å². The van der Waals surface area contributed by atoms with Crippen LogP contribution in [-0.2, 0) is 9.84 Å². The van der Waals surface area contributed by atoms with E-state index < -0.39 is 22.0 Å². The van der Waals surface area contributed by atoms with Gasteiger partial charge in [-0.3, -0.25) is 0 Å². The molecule has 7 nitrogen and oxygen atoms in total. The highest BCUT2D eigenvalue weighted by Crippen LogP contribution is 2.36. The largest absolute Gasteiger partial charge is 0.389 e. The van der Waals surface area contributed by atoms with Gasteiger partial charge in [0.05, 0.1) is 18.0 Å². The Morgan fingerprint density at radius 1 is 1.44 bits per heavy atom. The van der Waals surface area contributed by atoms with Crippen molar-refractivity contribution in [2.24, 2.45) is 0 Å². The van der Waals surface area contributed by atoms with Crippen molar-refractivity contribution in [2.75, 3.05) is 29.5 Å². The molecule has 2 unspecified atom stereocenters. The highest BCUT2D eigenvalue weighted by atomic mass is 32.2. The molecule has 1 aliphatic heterocycles. The van der Waals surface area contributed by atoms with Crippen LogP contribution in [0.4, 0.5) is 10.8 Å². The van der Waals surface area contributed by atoms with Gasteiger partial charge in [-0.05, 0) is 11.5 Å². The summed E-state index contributed by atoms with van der Waals surface area (Å²) in [6.07, 6.45) is -1.77. The van der Waals surface area contributed by atoms with Crippen molar-refractivity contribution in [3.8, 4) is 0 Å². The van der Waals surface area contributed by atoms with Gasteiger partial charge in [-0.1, -0.05) is 6.92 Å². The van der Waals surface area contributed by atoms with E-state index in [4.69, 9.17) is 5.73 Å². The summed E-state index contributed by atoms with van der Waals surface area (Å²) in [4.78, 5) is 1.61. The molecule has 2 heterocycles. The Morgan fingerprint density at radius 3 is 2.50 bits per heavy atom. The van der Waals surface area contributed by atoms with Gasteiger partial charge in [0.25, 0.3) is 0 Å². The third kappa shape index (κ3) is 2.18. The van der Waals surface area contributed by atoms with E-state index in [9.17, 15) is 18.6 Å². The van der Waals surface area contributed by atoms with Crippen molar-refractivity contribution < 1.29 is 18.6 Å². The predicted molar refractivity (Wildman–Crippen MR) is 68.5 cm³/mol. The molecule has 18 heavy (non-hydrogen) atoms. The average molecular weight is 293 g/mol. The molecule has 0 saturated carbocycles. The van der Waals surface area contributed by atoms with Crippen LogP contribution in [0, 0.1) is 0 Å². The fraction of sp³-hybridized carbons (Fsp3) is 0.667. The molecule has 0 amide bonds. The average Bonchev–Trinajstić information content (AvgIpc) is 2.84. The standard InChI is InChI=1S/C9H15N3O4S2/c1-2-18(15,16)7-8(10)11-17-9(7)12-3-5(13)6(14)4-12/h5-6,13-14H,2-4H2,1H3,(H2,10,11). The number of aliphatic hydroxyl groups excluding tert-OH is 2. The lowest BCUT2D eigenvalue weighted by Gasteiger charge is -2.16. The molecule has 0 spiro atoms. The van der Waals surface area contributed by atoms with Crippen LogP contribution in [0.25, 0.3) is 0 Å². The number of hydrogen-bond donors (Lipinski definition) is 3. The zero-order valence-electron chi connectivity index (χ0n) is 9.78. The SMILES string of the molecule is CCS(=O)(=O)c1c(N)nsc1N1CC(O)C(O)C1. The highest BCUT2D eigenvalue weighted by molar-refractivity contribution is 7.91. The van der Waals surface area contributed by atoms with Crippen LogP contribution in [0.1, 0.15) is 6.92 Å². The Bertz CT molecular complexity index is 532. The first-order chi connectivity index (χ1) is 8.36. The second-order valence-electron chi connectivity index (χ2n) is 4.15. The van der Waals surface area contributed by atoms with Crippen molar-refractivity contribution in [1.82, 2.24) is 4.37 Å².